The molecule has 0 atom stereocenters. The molecule has 1 aliphatic heterocycles. The van der Waals surface area contributed by atoms with Crippen LogP contribution in [0.4, 0.5) is 11.4 Å². The maximum absolute atomic E-state index is 12.8. The van der Waals surface area contributed by atoms with Crippen LogP contribution in [0.3, 0.4) is 0 Å². The van der Waals surface area contributed by atoms with Gasteiger partial charge in [0.1, 0.15) is 0 Å². The van der Waals surface area contributed by atoms with Crippen molar-refractivity contribution >= 4 is 21.4 Å². The zero-order chi connectivity index (χ0) is 14.7. The minimum absolute atomic E-state index is 0.0299. The van der Waals surface area contributed by atoms with Crippen molar-refractivity contribution in [1.29, 1.82) is 0 Å². The van der Waals surface area contributed by atoms with Gasteiger partial charge in [-0.15, -0.1) is 0 Å². The second kappa shape index (κ2) is 5.77. The zero-order valence-electron chi connectivity index (χ0n) is 11.7. The largest absolute Gasteiger partial charge is 0.383 e. The highest BCUT2D eigenvalue weighted by Crippen LogP contribution is 2.31. The fourth-order valence-corrected chi connectivity index (χ4v) is 4.19. The van der Waals surface area contributed by atoms with Crippen molar-refractivity contribution in [2.45, 2.75) is 12.2 Å². The van der Waals surface area contributed by atoms with Crippen molar-refractivity contribution in [1.82, 2.24) is 0 Å². The highest BCUT2D eigenvalue weighted by Gasteiger charge is 2.26. The summed E-state index contributed by atoms with van der Waals surface area (Å²) in [6.07, 6.45) is 0.794. The lowest BCUT2D eigenvalue weighted by Crippen LogP contribution is -2.32. The summed E-state index contributed by atoms with van der Waals surface area (Å²) in [6.45, 7) is 1.30. The lowest BCUT2D eigenvalue weighted by atomic mass is 10.2. The number of nitrogens with one attached hydrogen (secondary N) is 1. The average molecular weight is 302 g/mol. The molecule has 0 fully saturated rings. The maximum Gasteiger partial charge on any atom is 0.239 e. The van der Waals surface area contributed by atoms with Crippen LogP contribution in [0.25, 0.3) is 0 Å². The number of hydrogen-bond donors (Lipinski definition) is 1. The third-order valence-electron chi connectivity index (χ3n) is 3.55. The van der Waals surface area contributed by atoms with Crippen LogP contribution in [0.1, 0.15) is 12.0 Å². The summed E-state index contributed by atoms with van der Waals surface area (Å²) < 4.78 is 27.1. The Morgan fingerprint density at radius 2 is 1.71 bits per heavy atom. The van der Waals surface area contributed by atoms with E-state index in [0.717, 1.165) is 29.9 Å². The second-order valence-corrected chi connectivity index (χ2v) is 7.00. The number of anilines is 2. The van der Waals surface area contributed by atoms with Crippen LogP contribution in [0, 0.1) is 0 Å². The number of para-hydroxylation sites is 2. The molecule has 0 unspecified atom stereocenters. The van der Waals surface area contributed by atoms with E-state index in [1.807, 2.05) is 54.6 Å². The van der Waals surface area contributed by atoms with Gasteiger partial charge in [0.2, 0.25) is 10.0 Å². The van der Waals surface area contributed by atoms with Crippen LogP contribution in [0.15, 0.2) is 54.6 Å². The predicted octanol–water partition coefficient (Wildman–Crippen LogP) is 2.84. The van der Waals surface area contributed by atoms with Crippen molar-refractivity contribution < 1.29 is 8.42 Å². The first-order chi connectivity index (χ1) is 10.2. The minimum atomic E-state index is -3.38. The molecule has 5 heteroatoms. The predicted molar refractivity (Wildman–Crippen MR) is 86.0 cm³/mol. The molecule has 0 amide bonds. The summed E-state index contributed by atoms with van der Waals surface area (Å²) in [4.78, 5) is 0. The van der Waals surface area contributed by atoms with Gasteiger partial charge in [0.15, 0.2) is 0 Å². The van der Waals surface area contributed by atoms with Crippen LogP contribution in [-0.2, 0) is 15.8 Å². The molecule has 2 aromatic carbocycles. The molecule has 110 valence electrons. The van der Waals surface area contributed by atoms with Crippen LogP contribution in [-0.4, -0.2) is 21.5 Å². The lowest BCUT2D eigenvalue weighted by Gasteiger charge is -2.24. The van der Waals surface area contributed by atoms with Gasteiger partial charge in [0.05, 0.1) is 17.1 Å². The minimum Gasteiger partial charge on any atom is -0.383 e. The summed E-state index contributed by atoms with van der Waals surface area (Å²) in [5.41, 5.74) is 2.43. The number of hydrogen-bond acceptors (Lipinski definition) is 3. The number of nitrogens with zero attached hydrogens (tertiary/aromatic N) is 1. The SMILES string of the molecule is O=S(=O)(Cc1ccccc1)N1CCCNc2ccccc21. The van der Waals surface area contributed by atoms with Gasteiger partial charge in [0, 0.05) is 13.1 Å². The molecule has 21 heavy (non-hydrogen) atoms. The van der Waals surface area contributed by atoms with E-state index in [0.29, 0.717) is 6.54 Å². The number of fused-ring (bicyclic) bond motifs is 1. The number of rotatable bonds is 3. The van der Waals surface area contributed by atoms with E-state index in [4.69, 9.17) is 0 Å². The summed E-state index contributed by atoms with van der Waals surface area (Å²) in [6, 6.07) is 16.9. The van der Waals surface area contributed by atoms with Gasteiger partial charge in [-0.2, -0.15) is 0 Å². The van der Waals surface area contributed by atoms with Crippen molar-refractivity contribution in [3.05, 3.63) is 60.2 Å². The highest BCUT2D eigenvalue weighted by atomic mass is 32.2. The Morgan fingerprint density at radius 1 is 1.00 bits per heavy atom. The van der Waals surface area contributed by atoms with Gasteiger partial charge in [0.25, 0.3) is 0 Å². The Kier molecular flexibility index (Phi) is 3.84. The molecule has 0 bridgehead atoms. The second-order valence-electron chi connectivity index (χ2n) is 5.11. The van der Waals surface area contributed by atoms with Gasteiger partial charge in [-0.25, -0.2) is 8.42 Å². The highest BCUT2D eigenvalue weighted by molar-refractivity contribution is 7.92. The molecule has 2 aromatic rings. The molecule has 0 spiro atoms. The Morgan fingerprint density at radius 3 is 2.52 bits per heavy atom. The molecule has 1 N–H and O–H groups in total. The molecule has 4 nitrogen and oxygen atoms in total. The molecule has 1 aliphatic rings. The molecule has 0 radical (unpaired) electrons. The van der Waals surface area contributed by atoms with E-state index in [1.165, 1.54) is 4.31 Å². The van der Waals surface area contributed by atoms with E-state index in [2.05, 4.69) is 5.32 Å². The third kappa shape index (κ3) is 3.03. The van der Waals surface area contributed by atoms with Crippen LogP contribution in [0.5, 0.6) is 0 Å². The number of sulfonamides is 1. The quantitative estimate of drug-likeness (QED) is 0.948. The van der Waals surface area contributed by atoms with Crippen molar-refractivity contribution in [2.24, 2.45) is 0 Å². The molecule has 0 saturated heterocycles. The maximum atomic E-state index is 12.8. The van der Waals surface area contributed by atoms with E-state index in [9.17, 15) is 8.42 Å². The molecule has 1 heterocycles. The van der Waals surface area contributed by atoms with E-state index in [-0.39, 0.29) is 5.75 Å². The van der Waals surface area contributed by atoms with Gasteiger partial charge in [-0.1, -0.05) is 42.5 Å². The monoisotopic (exact) mass is 302 g/mol. The molecule has 0 saturated carbocycles. The molecule has 3 rings (SSSR count). The molecular formula is C16H18N2O2S. The Bertz CT molecular complexity index is 714. The first-order valence-electron chi connectivity index (χ1n) is 7.04. The Balaban J connectivity index is 1.95. The van der Waals surface area contributed by atoms with Crippen LogP contribution >= 0.6 is 0 Å². The summed E-state index contributed by atoms with van der Waals surface area (Å²) in [7, 11) is -3.38. The first kappa shape index (κ1) is 13.9. The topological polar surface area (TPSA) is 49.4 Å². The molecule has 0 aliphatic carbocycles. The Hall–Kier alpha value is -2.01. The van der Waals surface area contributed by atoms with Crippen LogP contribution in [0.2, 0.25) is 0 Å². The van der Waals surface area contributed by atoms with Gasteiger partial charge >= 0.3 is 0 Å². The van der Waals surface area contributed by atoms with E-state index in [1.54, 1.807) is 0 Å². The van der Waals surface area contributed by atoms with E-state index >= 15 is 0 Å². The third-order valence-corrected chi connectivity index (χ3v) is 5.30. The van der Waals surface area contributed by atoms with Crippen LogP contribution < -0.4 is 9.62 Å². The number of benzene rings is 2. The van der Waals surface area contributed by atoms with Gasteiger partial charge in [-0.05, 0) is 24.1 Å². The first-order valence-corrected chi connectivity index (χ1v) is 8.65. The Labute approximate surface area is 125 Å². The van der Waals surface area contributed by atoms with Gasteiger partial charge in [-0.3, -0.25) is 4.31 Å². The zero-order valence-corrected chi connectivity index (χ0v) is 12.5. The standard InChI is InChI=1S/C16H18N2O2S/c19-21(20,13-14-7-2-1-3-8-14)18-12-6-11-17-15-9-4-5-10-16(15)18/h1-5,7-10,17H,6,11-13H2. The average Bonchev–Trinajstić information content (AvgIpc) is 2.70. The summed E-state index contributed by atoms with van der Waals surface area (Å²) in [5.74, 6) is 0.0299. The normalized spacial score (nSPS) is 15.0. The smallest absolute Gasteiger partial charge is 0.239 e. The fraction of sp³-hybridized carbons (Fsp3) is 0.250. The van der Waals surface area contributed by atoms with Crippen molar-refractivity contribution in [2.75, 3.05) is 22.7 Å². The lowest BCUT2D eigenvalue weighted by molar-refractivity contribution is 0.589. The summed E-state index contributed by atoms with van der Waals surface area (Å²) >= 11 is 0. The summed E-state index contributed by atoms with van der Waals surface area (Å²) in [5, 5.41) is 3.28. The molecular weight excluding hydrogens is 284 g/mol. The fourth-order valence-electron chi connectivity index (χ4n) is 2.56. The van der Waals surface area contributed by atoms with Gasteiger partial charge < -0.3 is 5.32 Å². The van der Waals surface area contributed by atoms with Crippen molar-refractivity contribution in [3.8, 4) is 0 Å². The van der Waals surface area contributed by atoms with Crippen molar-refractivity contribution in [3.63, 3.8) is 0 Å². The molecule has 0 aromatic heterocycles. The van der Waals surface area contributed by atoms with E-state index < -0.39 is 10.0 Å².